The minimum atomic E-state index is -3.83. The van der Waals surface area contributed by atoms with Gasteiger partial charge in [-0.05, 0) is 35.9 Å². The molecule has 9 heteroatoms. The van der Waals surface area contributed by atoms with Crippen molar-refractivity contribution in [3.05, 3.63) is 66.7 Å². The normalized spacial score (nSPS) is 17.8. The molecule has 0 bridgehead atoms. The molecule has 1 aliphatic rings. The van der Waals surface area contributed by atoms with Crippen molar-refractivity contribution < 1.29 is 18.3 Å². The Hall–Kier alpha value is -3.20. The fourth-order valence-electron chi connectivity index (χ4n) is 3.16. The summed E-state index contributed by atoms with van der Waals surface area (Å²) in [5, 5.41) is 13.3. The van der Waals surface area contributed by atoms with Gasteiger partial charge in [0.05, 0.1) is 28.7 Å². The fraction of sp³-hybridized carbons (Fsp3) is 0.118. The molecule has 2 aromatic carbocycles. The Balaban J connectivity index is 1.80. The number of carbonyl (C=O) groups is 1. The first-order valence-corrected chi connectivity index (χ1v) is 9.23. The Morgan fingerprint density at radius 2 is 1.77 bits per heavy atom. The summed E-state index contributed by atoms with van der Waals surface area (Å²) in [5.74, 6) is -1.06. The quantitative estimate of drug-likeness (QED) is 0.753. The average molecular weight is 370 g/mol. The molecule has 0 amide bonds. The van der Waals surface area contributed by atoms with Crippen molar-refractivity contribution in [3.8, 4) is 5.69 Å². The zero-order chi connectivity index (χ0) is 18.3. The standard InChI is InChI=1S/C17H14N4O4S/c22-17(23)9-15-14-3-1-2-4-16(14)26(24,25)21(15)13-7-5-12(6-8-13)20-11-18-10-19-20/h1-8,10-11,15H,9H2,(H,22,23). The highest BCUT2D eigenvalue weighted by atomic mass is 32.2. The van der Waals surface area contributed by atoms with Crippen LogP contribution >= 0.6 is 0 Å². The fourth-order valence-corrected chi connectivity index (χ4v) is 5.05. The lowest BCUT2D eigenvalue weighted by molar-refractivity contribution is -0.137. The van der Waals surface area contributed by atoms with Crippen LogP contribution in [0.2, 0.25) is 0 Å². The molecule has 1 unspecified atom stereocenters. The molecule has 0 spiro atoms. The number of aliphatic carboxylic acids is 1. The number of aromatic nitrogens is 3. The lowest BCUT2D eigenvalue weighted by atomic mass is 10.0. The van der Waals surface area contributed by atoms with E-state index in [-0.39, 0.29) is 11.3 Å². The number of anilines is 1. The SMILES string of the molecule is O=C(O)CC1c2ccccc2S(=O)(=O)N1c1ccc(-n2cncn2)cc1. The number of rotatable bonds is 4. The minimum absolute atomic E-state index is 0.145. The second kappa shape index (κ2) is 5.95. The summed E-state index contributed by atoms with van der Waals surface area (Å²) in [5.41, 5.74) is 1.61. The van der Waals surface area contributed by atoms with E-state index >= 15 is 0 Å². The lowest BCUT2D eigenvalue weighted by Gasteiger charge is -2.24. The largest absolute Gasteiger partial charge is 0.481 e. The highest BCUT2D eigenvalue weighted by Gasteiger charge is 2.43. The second-order valence-corrected chi connectivity index (χ2v) is 7.59. The van der Waals surface area contributed by atoms with E-state index < -0.39 is 22.0 Å². The molecule has 3 aromatic rings. The molecule has 0 radical (unpaired) electrons. The highest BCUT2D eigenvalue weighted by Crippen LogP contribution is 2.44. The van der Waals surface area contributed by atoms with Gasteiger partial charge in [0, 0.05) is 0 Å². The number of carboxylic acid groups (broad SMARTS) is 1. The maximum Gasteiger partial charge on any atom is 0.305 e. The number of carboxylic acids is 1. The summed E-state index contributed by atoms with van der Waals surface area (Å²) >= 11 is 0. The number of sulfonamides is 1. The van der Waals surface area contributed by atoms with Crippen molar-refractivity contribution in [2.24, 2.45) is 0 Å². The van der Waals surface area contributed by atoms with Gasteiger partial charge in [0.25, 0.3) is 10.0 Å². The van der Waals surface area contributed by atoms with E-state index in [9.17, 15) is 18.3 Å². The summed E-state index contributed by atoms with van der Waals surface area (Å²) in [6.45, 7) is 0. The van der Waals surface area contributed by atoms with Gasteiger partial charge < -0.3 is 5.11 Å². The second-order valence-electron chi connectivity index (χ2n) is 5.81. The minimum Gasteiger partial charge on any atom is -0.481 e. The maximum absolute atomic E-state index is 13.0. The summed E-state index contributed by atoms with van der Waals surface area (Å²) in [4.78, 5) is 15.3. The van der Waals surface area contributed by atoms with Crippen LogP contribution in [0.4, 0.5) is 5.69 Å². The number of fused-ring (bicyclic) bond motifs is 1. The van der Waals surface area contributed by atoms with Crippen LogP contribution in [-0.2, 0) is 14.8 Å². The van der Waals surface area contributed by atoms with Crippen molar-refractivity contribution >= 4 is 21.7 Å². The molecule has 1 aliphatic heterocycles. The van der Waals surface area contributed by atoms with Gasteiger partial charge >= 0.3 is 5.97 Å². The Kier molecular flexibility index (Phi) is 3.73. The van der Waals surface area contributed by atoms with Crippen LogP contribution in [0.5, 0.6) is 0 Å². The first-order chi connectivity index (χ1) is 12.5. The van der Waals surface area contributed by atoms with E-state index in [1.807, 2.05) is 0 Å². The average Bonchev–Trinajstić information content (AvgIpc) is 3.22. The predicted octanol–water partition coefficient (Wildman–Crippen LogP) is 1.99. The molecule has 1 atom stereocenters. The first kappa shape index (κ1) is 16.3. The smallest absolute Gasteiger partial charge is 0.305 e. The van der Waals surface area contributed by atoms with Gasteiger partial charge in [0.15, 0.2) is 0 Å². The van der Waals surface area contributed by atoms with Crippen LogP contribution in [0, 0.1) is 0 Å². The molecule has 0 aliphatic carbocycles. The molecule has 4 rings (SSSR count). The number of hydrogen-bond donors (Lipinski definition) is 1. The predicted molar refractivity (Wildman–Crippen MR) is 92.5 cm³/mol. The van der Waals surface area contributed by atoms with E-state index in [2.05, 4.69) is 10.1 Å². The molecule has 0 saturated heterocycles. The molecule has 0 saturated carbocycles. The van der Waals surface area contributed by atoms with E-state index in [1.165, 1.54) is 23.0 Å². The van der Waals surface area contributed by atoms with Crippen LogP contribution in [0.3, 0.4) is 0 Å². The number of nitrogens with zero attached hydrogens (tertiary/aromatic N) is 4. The van der Waals surface area contributed by atoms with Gasteiger partial charge in [-0.3, -0.25) is 9.10 Å². The van der Waals surface area contributed by atoms with Gasteiger partial charge in [0.1, 0.15) is 12.7 Å². The van der Waals surface area contributed by atoms with Crippen LogP contribution in [0.1, 0.15) is 18.0 Å². The van der Waals surface area contributed by atoms with Crippen molar-refractivity contribution in [2.45, 2.75) is 17.4 Å². The third-order valence-electron chi connectivity index (χ3n) is 4.25. The molecule has 26 heavy (non-hydrogen) atoms. The van der Waals surface area contributed by atoms with Gasteiger partial charge in [-0.1, -0.05) is 18.2 Å². The molecule has 2 heterocycles. The highest BCUT2D eigenvalue weighted by molar-refractivity contribution is 7.93. The van der Waals surface area contributed by atoms with E-state index in [4.69, 9.17) is 0 Å². The lowest BCUT2D eigenvalue weighted by Crippen LogP contribution is -2.29. The molecule has 0 fully saturated rings. The van der Waals surface area contributed by atoms with E-state index in [0.717, 1.165) is 5.69 Å². The molecular formula is C17H14N4O4S. The summed E-state index contributed by atoms with van der Waals surface area (Å²) in [6, 6.07) is 12.4. The van der Waals surface area contributed by atoms with E-state index in [0.29, 0.717) is 11.3 Å². The first-order valence-electron chi connectivity index (χ1n) is 7.79. The third kappa shape index (κ3) is 2.53. The molecule has 132 valence electrons. The summed E-state index contributed by atoms with van der Waals surface area (Å²) in [7, 11) is -3.83. The van der Waals surface area contributed by atoms with Crippen LogP contribution < -0.4 is 4.31 Å². The summed E-state index contributed by atoms with van der Waals surface area (Å²) < 4.78 is 28.7. The van der Waals surface area contributed by atoms with Crippen LogP contribution in [0.25, 0.3) is 5.69 Å². The van der Waals surface area contributed by atoms with Gasteiger partial charge in [-0.2, -0.15) is 5.10 Å². The zero-order valence-corrected chi connectivity index (χ0v) is 14.2. The van der Waals surface area contributed by atoms with E-state index in [1.54, 1.807) is 47.1 Å². The maximum atomic E-state index is 13.0. The molecule has 1 N–H and O–H groups in total. The topological polar surface area (TPSA) is 105 Å². The Bertz CT molecular complexity index is 1060. The number of benzene rings is 2. The number of hydrogen-bond acceptors (Lipinski definition) is 5. The monoisotopic (exact) mass is 370 g/mol. The van der Waals surface area contributed by atoms with Gasteiger partial charge in [0.2, 0.25) is 0 Å². The van der Waals surface area contributed by atoms with Crippen LogP contribution in [0.15, 0.2) is 66.1 Å². The Labute approximate surface area is 149 Å². The van der Waals surface area contributed by atoms with Crippen molar-refractivity contribution in [3.63, 3.8) is 0 Å². The summed E-state index contributed by atoms with van der Waals surface area (Å²) in [6.07, 6.45) is 2.62. The van der Waals surface area contributed by atoms with Gasteiger partial charge in [-0.25, -0.2) is 18.1 Å². The van der Waals surface area contributed by atoms with Crippen molar-refractivity contribution in [2.75, 3.05) is 4.31 Å². The third-order valence-corrected chi connectivity index (χ3v) is 6.16. The van der Waals surface area contributed by atoms with Crippen LogP contribution in [-0.4, -0.2) is 34.3 Å². The van der Waals surface area contributed by atoms with Gasteiger partial charge in [-0.15, -0.1) is 0 Å². The Morgan fingerprint density at radius 3 is 2.42 bits per heavy atom. The molecule has 8 nitrogen and oxygen atoms in total. The molecule has 1 aromatic heterocycles. The Morgan fingerprint density at radius 1 is 1.08 bits per heavy atom. The van der Waals surface area contributed by atoms with Crippen molar-refractivity contribution in [1.29, 1.82) is 0 Å². The zero-order valence-electron chi connectivity index (χ0n) is 13.4. The molecular weight excluding hydrogens is 356 g/mol. The van der Waals surface area contributed by atoms with Crippen molar-refractivity contribution in [1.82, 2.24) is 14.8 Å².